The van der Waals surface area contributed by atoms with Gasteiger partial charge in [-0.3, -0.25) is 4.79 Å². The minimum atomic E-state index is -0.986. The lowest BCUT2D eigenvalue weighted by atomic mass is 9.86. The highest BCUT2D eigenvalue weighted by Gasteiger charge is 2.60. The second kappa shape index (κ2) is 6.83. The molecule has 1 aliphatic carbocycles. The van der Waals surface area contributed by atoms with Crippen LogP contribution in [-0.4, -0.2) is 31.6 Å². The summed E-state index contributed by atoms with van der Waals surface area (Å²) in [6.07, 6.45) is 1.79. The molecule has 8 heteroatoms. The molecule has 1 aromatic rings. The number of nitrogens with zero attached hydrogens (tertiary/aromatic N) is 1. The first-order chi connectivity index (χ1) is 13.6. The van der Waals surface area contributed by atoms with Crippen LogP contribution < -0.4 is 15.5 Å². The summed E-state index contributed by atoms with van der Waals surface area (Å²) in [5.74, 6) is -1.27. The highest BCUT2D eigenvalue weighted by molar-refractivity contribution is 6.44. The van der Waals surface area contributed by atoms with Crippen molar-refractivity contribution in [1.29, 1.82) is 0 Å². The normalized spacial score (nSPS) is 25.1. The molecule has 1 aromatic carbocycles. The smallest absolute Gasteiger partial charge is 0.237 e. The maximum Gasteiger partial charge on any atom is 0.237 e. The summed E-state index contributed by atoms with van der Waals surface area (Å²) in [4.78, 5) is 14.1. The predicted octanol–water partition coefficient (Wildman–Crippen LogP) is 4.71. The van der Waals surface area contributed by atoms with Crippen molar-refractivity contribution < 1.29 is 13.6 Å². The fraction of sp³-hybridized carbons (Fsp3) is 0.381. The molecule has 1 spiro atoms. The Bertz CT molecular complexity index is 978. The molecule has 1 unspecified atom stereocenters. The van der Waals surface area contributed by atoms with Crippen molar-refractivity contribution in [2.45, 2.75) is 30.2 Å². The number of nitrogens with one attached hydrogen (secondary N) is 2. The molecule has 2 N–H and O–H groups in total. The van der Waals surface area contributed by atoms with E-state index < -0.39 is 22.6 Å². The third kappa shape index (κ3) is 3.00. The molecule has 1 atom stereocenters. The van der Waals surface area contributed by atoms with E-state index in [1.807, 2.05) is 0 Å². The van der Waals surface area contributed by atoms with Crippen molar-refractivity contribution in [3.05, 3.63) is 58.1 Å². The molecular formula is C21H21Cl2F2N3O. The number of anilines is 2. The van der Waals surface area contributed by atoms with E-state index in [9.17, 15) is 9.18 Å². The highest BCUT2D eigenvalue weighted by Crippen LogP contribution is 2.58. The number of halogens is 4. The van der Waals surface area contributed by atoms with Crippen molar-refractivity contribution in [2.75, 3.05) is 30.4 Å². The molecule has 2 heterocycles. The van der Waals surface area contributed by atoms with E-state index in [4.69, 9.17) is 23.2 Å². The lowest BCUT2D eigenvalue weighted by molar-refractivity contribution is -0.119. The van der Waals surface area contributed by atoms with Gasteiger partial charge in [0.05, 0.1) is 26.7 Å². The molecule has 0 radical (unpaired) electrons. The monoisotopic (exact) mass is 439 g/mol. The SMILES string of the molecule is C=C(Cl)/C(Cl)=C(\C(=C)F)C1(Nc2cc(F)c3c(c2)N(C)C(=O)C32CC2)CCNC1. The van der Waals surface area contributed by atoms with Gasteiger partial charge >= 0.3 is 0 Å². The molecule has 2 fully saturated rings. The minimum Gasteiger partial charge on any atom is -0.374 e. The molecule has 1 amide bonds. The molecule has 1 saturated heterocycles. The summed E-state index contributed by atoms with van der Waals surface area (Å²) in [5, 5.41) is 6.38. The summed E-state index contributed by atoms with van der Waals surface area (Å²) in [7, 11) is 1.65. The molecule has 29 heavy (non-hydrogen) atoms. The summed E-state index contributed by atoms with van der Waals surface area (Å²) in [6.45, 7) is 7.93. The Morgan fingerprint density at radius 3 is 2.48 bits per heavy atom. The number of carbonyl (C=O) groups is 1. The summed E-state index contributed by atoms with van der Waals surface area (Å²) in [5.41, 5.74) is -0.198. The van der Waals surface area contributed by atoms with Gasteiger partial charge in [0.15, 0.2) is 0 Å². The highest BCUT2D eigenvalue weighted by atomic mass is 35.5. The Labute approximate surface area is 178 Å². The molecule has 0 aromatic heterocycles. The average Bonchev–Trinajstić information content (AvgIpc) is 3.26. The molecule has 3 aliphatic rings. The average molecular weight is 440 g/mol. The number of fused-ring (bicyclic) bond motifs is 2. The van der Waals surface area contributed by atoms with E-state index in [1.165, 1.54) is 11.0 Å². The Morgan fingerprint density at radius 2 is 1.97 bits per heavy atom. The predicted molar refractivity (Wildman–Crippen MR) is 113 cm³/mol. The van der Waals surface area contributed by atoms with Crippen LogP contribution in [0.4, 0.5) is 20.2 Å². The van der Waals surface area contributed by atoms with Crippen LogP contribution in [0.1, 0.15) is 24.8 Å². The zero-order chi connectivity index (χ0) is 21.1. The van der Waals surface area contributed by atoms with Crippen molar-refractivity contribution in [2.24, 2.45) is 0 Å². The van der Waals surface area contributed by atoms with Crippen LogP contribution in [0.3, 0.4) is 0 Å². The van der Waals surface area contributed by atoms with E-state index in [0.29, 0.717) is 49.3 Å². The maximum atomic E-state index is 15.1. The Balaban J connectivity index is 1.79. The van der Waals surface area contributed by atoms with Gasteiger partial charge in [0.2, 0.25) is 5.91 Å². The number of allylic oxidation sites excluding steroid dienone is 2. The largest absolute Gasteiger partial charge is 0.374 e. The topological polar surface area (TPSA) is 44.4 Å². The third-order valence-corrected chi connectivity index (χ3v) is 6.82. The lowest BCUT2D eigenvalue weighted by Crippen LogP contribution is -2.43. The van der Waals surface area contributed by atoms with Gasteiger partial charge in [0, 0.05) is 30.4 Å². The summed E-state index contributed by atoms with van der Waals surface area (Å²) >= 11 is 12.2. The first-order valence-corrected chi connectivity index (χ1v) is 10.1. The van der Waals surface area contributed by atoms with Gasteiger partial charge in [-0.1, -0.05) is 36.4 Å². The molecule has 2 aliphatic heterocycles. The van der Waals surface area contributed by atoms with Crippen LogP contribution >= 0.6 is 23.2 Å². The quantitative estimate of drug-likeness (QED) is 0.653. The number of carbonyl (C=O) groups excluding carboxylic acids is 1. The standard InChI is InChI=1S/C21H21Cl2F2N3O/c1-11(22)18(23)16(12(2)24)21(6-7-26-10-21)27-13-8-14(25)17-15(9-13)28(3)19(29)20(17)4-5-20/h8-9,26-27H,1-2,4-7,10H2,3H3/b18-16-. The van der Waals surface area contributed by atoms with Gasteiger partial charge in [0.25, 0.3) is 0 Å². The number of hydrogen-bond acceptors (Lipinski definition) is 3. The number of hydrogen-bond donors (Lipinski definition) is 2. The first kappa shape index (κ1) is 20.4. The van der Waals surface area contributed by atoms with E-state index in [-0.39, 0.29) is 21.5 Å². The van der Waals surface area contributed by atoms with Crippen molar-refractivity contribution in [3.8, 4) is 0 Å². The molecule has 154 valence electrons. The van der Waals surface area contributed by atoms with Crippen LogP contribution in [0.25, 0.3) is 0 Å². The second-order valence-electron chi connectivity index (χ2n) is 7.93. The molecule has 4 nitrogen and oxygen atoms in total. The molecule has 4 rings (SSSR count). The number of benzene rings is 1. The van der Waals surface area contributed by atoms with E-state index in [1.54, 1.807) is 13.1 Å². The van der Waals surface area contributed by atoms with Crippen LogP contribution in [-0.2, 0) is 10.2 Å². The van der Waals surface area contributed by atoms with Crippen molar-refractivity contribution >= 4 is 40.5 Å². The Kier molecular flexibility index (Phi) is 4.80. The van der Waals surface area contributed by atoms with Crippen LogP contribution in [0.2, 0.25) is 0 Å². The van der Waals surface area contributed by atoms with Gasteiger partial charge in [0.1, 0.15) is 11.6 Å². The van der Waals surface area contributed by atoms with Gasteiger partial charge in [-0.25, -0.2) is 8.78 Å². The number of rotatable bonds is 5. The molecule has 1 saturated carbocycles. The Hall–Kier alpha value is -1.89. The van der Waals surface area contributed by atoms with Gasteiger partial charge in [-0.2, -0.15) is 0 Å². The lowest BCUT2D eigenvalue weighted by Gasteiger charge is -2.34. The van der Waals surface area contributed by atoms with E-state index >= 15 is 4.39 Å². The third-order valence-electron chi connectivity index (χ3n) is 6.12. The summed E-state index contributed by atoms with van der Waals surface area (Å²) in [6, 6.07) is 3.08. The van der Waals surface area contributed by atoms with Gasteiger partial charge in [-0.15, -0.1) is 0 Å². The van der Waals surface area contributed by atoms with Crippen LogP contribution in [0.5, 0.6) is 0 Å². The van der Waals surface area contributed by atoms with E-state index in [0.717, 1.165) is 0 Å². The maximum absolute atomic E-state index is 15.1. The Morgan fingerprint density at radius 1 is 1.28 bits per heavy atom. The van der Waals surface area contributed by atoms with Crippen LogP contribution in [0.15, 0.2) is 46.8 Å². The molecule has 0 bridgehead atoms. The second-order valence-corrected chi connectivity index (χ2v) is 8.77. The zero-order valence-electron chi connectivity index (χ0n) is 16.0. The molecular weight excluding hydrogens is 419 g/mol. The first-order valence-electron chi connectivity index (χ1n) is 9.34. The fourth-order valence-electron chi connectivity index (χ4n) is 4.60. The van der Waals surface area contributed by atoms with Gasteiger partial charge < -0.3 is 15.5 Å². The summed E-state index contributed by atoms with van der Waals surface area (Å²) < 4.78 is 29.5. The fourth-order valence-corrected chi connectivity index (χ4v) is 4.98. The van der Waals surface area contributed by atoms with Crippen molar-refractivity contribution in [3.63, 3.8) is 0 Å². The number of amides is 1. The number of likely N-dealkylation sites (N-methyl/N-ethyl adjacent to an activating group) is 1. The van der Waals surface area contributed by atoms with Crippen LogP contribution in [0, 0.1) is 5.82 Å². The zero-order valence-corrected chi connectivity index (χ0v) is 17.5. The van der Waals surface area contributed by atoms with Gasteiger partial charge in [-0.05, 0) is 37.9 Å². The van der Waals surface area contributed by atoms with Crippen molar-refractivity contribution in [1.82, 2.24) is 5.32 Å². The van der Waals surface area contributed by atoms with E-state index in [2.05, 4.69) is 23.8 Å². The minimum absolute atomic E-state index is 0.00493.